The highest BCUT2D eigenvalue weighted by Crippen LogP contribution is 1.98. The number of carboxylic acids is 1. The van der Waals surface area contributed by atoms with Gasteiger partial charge in [0.25, 0.3) is 0 Å². The maximum atomic E-state index is 10.2. The molecule has 2 N–H and O–H groups in total. The predicted molar refractivity (Wildman–Crippen MR) is 38.7 cm³/mol. The van der Waals surface area contributed by atoms with E-state index in [1.54, 1.807) is 0 Å². The summed E-state index contributed by atoms with van der Waals surface area (Å²) in [6.45, 7) is -0.207. The molecule has 8 heteroatoms. The maximum absolute atomic E-state index is 10.2. The zero-order valence-electron chi connectivity index (χ0n) is 5.82. The highest BCUT2D eigenvalue weighted by molar-refractivity contribution is 7.80. The van der Waals surface area contributed by atoms with Gasteiger partial charge in [-0.2, -0.15) is 0 Å². The smallest absolute Gasteiger partial charge is 0.334 e. The van der Waals surface area contributed by atoms with Gasteiger partial charge in [0, 0.05) is 0 Å². The van der Waals surface area contributed by atoms with Gasteiger partial charge in [-0.3, -0.25) is 0 Å². The molecule has 1 rings (SSSR count). The first-order valence-electron chi connectivity index (χ1n) is 2.97. The van der Waals surface area contributed by atoms with E-state index in [0.29, 0.717) is 0 Å². The summed E-state index contributed by atoms with van der Waals surface area (Å²) in [6.07, 6.45) is -1.51. The number of carbonyl (C=O) groups is 1. The molecule has 66 valence electrons. The number of aliphatic carboxylic acids is 1. The van der Waals surface area contributed by atoms with Crippen LogP contribution in [0.25, 0.3) is 0 Å². The first kappa shape index (κ1) is 8.94. The highest BCUT2D eigenvalue weighted by atomic mass is 32.1. The minimum Gasteiger partial charge on any atom is -0.479 e. The molecule has 0 saturated heterocycles. The number of aliphatic hydroxyl groups is 1. The molecule has 1 unspecified atom stereocenters. The normalized spacial score (nSPS) is 12.8. The monoisotopic (exact) mass is 190 g/mol. The van der Waals surface area contributed by atoms with Gasteiger partial charge >= 0.3 is 5.97 Å². The Balaban J connectivity index is 2.64. The molecule has 1 aromatic heterocycles. The van der Waals surface area contributed by atoms with Crippen LogP contribution >= 0.6 is 12.6 Å². The molecule has 0 amide bonds. The molecule has 0 aliphatic rings. The summed E-state index contributed by atoms with van der Waals surface area (Å²) in [5, 5.41) is 27.4. The fourth-order valence-electron chi connectivity index (χ4n) is 0.560. The van der Waals surface area contributed by atoms with Gasteiger partial charge in [0.05, 0.1) is 6.54 Å². The average molecular weight is 190 g/mol. The van der Waals surface area contributed by atoms with Crippen LogP contribution in [0.4, 0.5) is 0 Å². The van der Waals surface area contributed by atoms with Gasteiger partial charge in [0.1, 0.15) is 0 Å². The van der Waals surface area contributed by atoms with E-state index in [9.17, 15) is 4.79 Å². The summed E-state index contributed by atoms with van der Waals surface area (Å²) < 4.78 is 1.09. The fraction of sp³-hybridized carbons (Fsp3) is 0.500. The first-order chi connectivity index (χ1) is 5.61. The number of carboxylic acid groups (broad SMARTS) is 1. The van der Waals surface area contributed by atoms with Crippen molar-refractivity contribution in [2.75, 3.05) is 0 Å². The van der Waals surface area contributed by atoms with Crippen molar-refractivity contribution in [3.05, 3.63) is 0 Å². The van der Waals surface area contributed by atoms with Gasteiger partial charge in [-0.25, -0.2) is 9.48 Å². The lowest BCUT2D eigenvalue weighted by molar-refractivity contribution is -0.147. The van der Waals surface area contributed by atoms with Crippen LogP contribution in [0.5, 0.6) is 0 Å². The van der Waals surface area contributed by atoms with Crippen molar-refractivity contribution in [3.8, 4) is 0 Å². The molecule has 0 aliphatic heterocycles. The third kappa shape index (κ3) is 1.92. The quantitative estimate of drug-likeness (QED) is 0.496. The van der Waals surface area contributed by atoms with Crippen molar-refractivity contribution < 1.29 is 15.0 Å². The van der Waals surface area contributed by atoms with Crippen molar-refractivity contribution in [3.63, 3.8) is 0 Å². The Hall–Kier alpha value is -1.15. The Labute approximate surface area is 72.4 Å². The van der Waals surface area contributed by atoms with Crippen molar-refractivity contribution in [2.24, 2.45) is 0 Å². The molecular formula is C4H6N4O3S. The SMILES string of the molecule is O=C(O)C(O)Cn1nnnc1S. The molecule has 0 spiro atoms. The first-order valence-corrected chi connectivity index (χ1v) is 3.42. The summed E-state index contributed by atoms with van der Waals surface area (Å²) in [5.41, 5.74) is 0. The molecule has 0 fully saturated rings. The predicted octanol–water partition coefficient (Wildman–Crippen LogP) is -1.59. The zero-order chi connectivity index (χ0) is 9.14. The molecule has 0 aliphatic carbocycles. The topological polar surface area (TPSA) is 101 Å². The van der Waals surface area contributed by atoms with E-state index in [0.717, 1.165) is 4.68 Å². The van der Waals surface area contributed by atoms with Gasteiger partial charge in [-0.15, -0.1) is 17.7 Å². The Morgan fingerprint density at radius 2 is 2.42 bits per heavy atom. The molecule has 7 nitrogen and oxygen atoms in total. The molecule has 1 atom stereocenters. The molecule has 0 bridgehead atoms. The molecule has 12 heavy (non-hydrogen) atoms. The minimum atomic E-state index is -1.51. The third-order valence-electron chi connectivity index (χ3n) is 1.14. The number of hydrogen-bond donors (Lipinski definition) is 3. The molecule has 1 heterocycles. The van der Waals surface area contributed by atoms with E-state index in [2.05, 4.69) is 28.2 Å². The minimum absolute atomic E-state index is 0.162. The Bertz CT molecular complexity index is 288. The zero-order valence-corrected chi connectivity index (χ0v) is 6.72. The molecule has 1 aromatic rings. The van der Waals surface area contributed by atoms with Crippen molar-refractivity contribution in [1.82, 2.24) is 20.2 Å². The Kier molecular flexibility index (Phi) is 2.61. The van der Waals surface area contributed by atoms with Gasteiger partial charge < -0.3 is 10.2 Å². The van der Waals surface area contributed by atoms with Crippen LogP contribution in [0, 0.1) is 0 Å². The van der Waals surface area contributed by atoms with E-state index in [-0.39, 0.29) is 11.7 Å². The molecule has 0 aromatic carbocycles. The van der Waals surface area contributed by atoms with Gasteiger partial charge in [-0.05, 0) is 10.4 Å². The van der Waals surface area contributed by atoms with Crippen LogP contribution in [0.2, 0.25) is 0 Å². The van der Waals surface area contributed by atoms with Crippen molar-refractivity contribution >= 4 is 18.6 Å². The lowest BCUT2D eigenvalue weighted by Gasteiger charge is -2.03. The standard InChI is InChI=1S/C4H6N4O3S/c9-2(3(10)11)1-8-4(12)5-6-7-8/h2,9H,1H2,(H,10,11)(H,5,7,12). The lowest BCUT2D eigenvalue weighted by atomic mass is 10.4. The largest absolute Gasteiger partial charge is 0.479 e. The number of aromatic nitrogens is 4. The van der Waals surface area contributed by atoms with E-state index in [1.165, 1.54) is 0 Å². The molecule has 0 saturated carbocycles. The number of nitrogens with zero attached hydrogens (tertiary/aromatic N) is 4. The van der Waals surface area contributed by atoms with E-state index >= 15 is 0 Å². The molecule has 0 radical (unpaired) electrons. The summed E-state index contributed by atoms with van der Waals surface area (Å²) >= 11 is 3.81. The summed E-state index contributed by atoms with van der Waals surface area (Å²) in [6, 6.07) is 0. The Morgan fingerprint density at radius 3 is 2.83 bits per heavy atom. The number of tetrazole rings is 1. The van der Waals surface area contributed by atoms with Gasteiger partial charge in [0.2, 0.25) is 5.16 Å². The van der Waals surface area contributed by atoms with E-state index in [4.69, 9.17) is 10.2 Å². The van der Waals surface area contributed by atoms with Crippen LogP contribution < -0.4 is 0 Å². The summed E-state index contributed by atoms with van der Waals surface area (Å²) in [5.74, 6) is -1.32. The van der Waals surface area contributed by atoms with Crippen LogP contribution in [0.1, 0.15) is 0 Å². The highest BCUT2D eigenvalue weighted by Gasteiger charge is 2.15. The summed E-state index contributed by atoms with van der Waals surface area (Å²) in [7, 11) is 0. The lowest BCUT2D eigenvalue weighted by Crippen LogP contribution is -2.26. The van der Waals surface area contributed by atoms with Crippen LogP contribution in [-0.2, 0) is 11.3 Å². The number of aliphatic hydroxyl groups excluding tert-OH is 1. The second-order valence-corrected chi connectivity index (χ2v) is 2.42. The van der Waals surface area contributed by atoms with Crippen molar-refractivity contribution in [2.45, 2.75) is 17.8 Å². The third-order valence-corrected chi connectivity index (χ3v) is 1.46. The van der Waals surface area contributed by atoms with Gasteiger partial charge in [-0.1, -0.05) is 0 Å². The van der Waals surface area contributed by atoms with Crippen LogP contribution in [0.3, 0.4) is 0 Å². The Morgan fingerprint density at radius 1 is 1.75 bits per heavy atom. The van der Waals surface area contributed by atoms with E-state index < -0.39 is 12.1 Å². The number of thiol groups is 1. The maximum Gasteiger partial charge on any atom is 0.334 e. The van der Waals surface area contributed by atoms with Crippen LogP contribution in [0.15, 0.2) is 5.16 Å². The molecular weight excluding hydrogens is 184 g/mol. The number of rotatable bonds is 3. The average Bonchev–Trinajstić information content (AvgIpc) is 2.36. The second-order valence-electron chi connectivity index (χ2n) is 2.02. The summed E-state index contributed by atoms with van der Waals surface area (Å²) in [4.78, 5) is 10.2. The number of hydrogen-bond acceptors (Lipinski definition) is 6. The van der Waals surface area contributed by atoms with Crippen LogP contribution in [-0.4, -0.2) is 42.5 Å². The van der Waals surface area contributed by atoms with E-state index in [1.807, 2.05) is 0 Å². The van der Waals surface area contributed by atoms with Crippen molar-refractivity contribution in [1.29, 1.82) is 0 Å². The fourth-order valence-corrected chi connectivity index (χ4v) is 0.722. The van der Waals surface area contributed by atoms with Gasteiger partial charge in [0.15, 0.2) is 6.10 Å². The second kappa shape index (κ2) is 3.50.